The van der Waals surface area contributed by atoms with E-state index in [0.29, 0.717) is 138 Å². The number of halogens is 3. The van der Waals surface area contributed by atoms with Crippen molar-refractivity contribution >= 4 is 23.3 Å². The molecule has 0 aliphatic rings. The third-order valence-corrected chi connectivity index (χ3v) is 7.26. The predicted octanol–water partition coefficient (Wildman–Crippen LogP) is 4.26. The predicted molar refractivity (Wildman–Crippen MR) is 203 cm³/mol. The monoisotopic (exact) mass is 837 g/mol. The lowest BCUT2D eigenvalue weighted by atomic mass is 10.1. The molecule has 0 saturated heterocycles. The van der Waals surface area contributed by atoms with E-state index in [1.54, 1.807) is 18.2 Å². The van der Waals surface area contributed by atoms with Crippen LogP contribution in [0.25, 0.3) is 0 Å². The van der Waals surface area contributed by atoms with Gasteiger partial charge < -0.3 is 67.3 Å². The van der Waals surface area contributed by atoms with Gasteiger partial charge in [-0.3, -0.25) is 4.79 Å². The molecule has 0 saturated carbocycles. The second-order valence-corrected chi connectivity index (χ2v) is 11.8. The third-order valence-electron chi connectivity index (χ3n) is 7.26. The van der Waals surface area contributed by atoms with E-state index in [2.05, 4.69) is 5.32 Å². The number of carbonyl (C=O) groups is 2. The van der Waals surface area contributed by atoms with Crippen LogP contribution in [0.5, 0.6) is 0 Å². The number of ether oxygens (including phenoxy) is 12. The van der Waals surface area contributed by atoms with Gasteiger partial charge >= 0.3 is 18.1 Å². The Hall–Kier alpha value is -3.47. The summed E-state index contributed by atoms with van der Waals surface area (Å²) in [4.78, 5) is 22.9. The topological polar surface area (TPSA) is 177 Å². The van der Waals surface area contributed by atoms with Crippen LogP contribution in [-0.4, -0.2) is 169 Å². The number of anilines is 2. The molecule has 0 atom stereocenters. The van der Waals surface area contributed by atoms with Gasteiger partial charge in [0.25, 0.3) is 0 Å². The Morgan fingerprint density at radius 1 is 0.483 bits per heavy atom. The second kappa shape index (κ2) is 34.4. The van der Waals surface area contributed by atoms with E-state index in [0.717, 1.165) is 12.1 Å². The van der Waals surface area contributed by atoms with Crippen molar-refractivity contribution in [2.24, 2.45) is 0 Å². The van der Waals surface area contributed by atoms with Crippen LogP contribution in [-0.2, 0) is 67.8 Å². The Morgan fingerprint density at radius 3 is 1.22 bits per heavy atom. The molecule has 2 rings (SSSR count). The molecule has 16 nitrogen and oxygen atoms in total. The van der Waals surface area contributed by atoms with Gasteiger partial charge in [-0.2, -0.15) is 13.2 Å². The summed E-state index contributed by atoms with van der Waals surface area (Å²) in [6.45, 7) is 8.63. The lowest BCUT2D eigenvalue weighted by Crippen LogP contribution is -2.16. The fourth-order valence-corrected chi connectivity index (χ4v) is 4.43. The third kappa shape index (κ3) is 28.0. The van der Waals surface area contributed by atoms with Gasteiger partial charge in [-0.1, -0.05) is 18.2 Å². The summed E-state index contributed by atoms with van der Waals surface area (Å²) in [6, 6.07) is 11.1. The minimum absolute atomic E-state index is 0.00969. The minimum atomic E-state index is -4.48. The Kier molecular flexibility index (Phi) is 30.1. The second-order valence-electron chi connectivity index (χ2n) is 11.8. The first-order chi connectivity index (χ1) is 28.3. The molecule has 0 amide bonds. The first kappa shape index (κ1) is 50.7. The maximum atomic E-state index is 13.1. The van der Waals surface area contributed by atoms with Crippen molar-refractivity contribution in [2.45, 2.75) is 12.6 Å². The molecular formula is C39H58F3NO15. The van der Waals surface area contributed by atoms with Crippen LogP contribution >= 0.6 is 0 Å². The first-order valence-electron chi connectivity index (χ1n) is 19.0. The molecular weight excluding hydrogens is 779 g/mol. The number of alkyl halides is 3. The van der Waals surface area contributed by atoms with Gasteiger partial charge in [-0.25, -0.2) is 4.79 Å². The summed E-state index contributed by atoms with van der Waals surface area (Å²) in [6.07, 6.45) is -4.50. The number of hydrogen-bond acceptors (Lipinski definition) is 15. The number of benzene rings is 2. The number of rotatable bonds is 39. The summed E-state index contributed by atoms with van der Waals surface area (Å²) >= 11 is 0. The maximum Gasteiger partial charge on any atom is 0.416 e. The molecule has 58 heavy (non-hydrogen) atoms. The zero-order chi connectivity index (χ0) is 41.8. The summed E-state index contributed by atoms with van der Waals surface area (Å²) in [5.41, 5.74) is -0.114. The van der Waals surface area contributed by atoms with E-state index in [4.69, 9.17) is 61.9 Å². The van der Waals surface area contributed by atoms with Crippen LogP contribution in [0.15, 0.2) is 48.5 Å². The quantitative estimate of drug-likeness (QED) is 0.0721. The average Bonchev–Trinajstić information content (AvgIpc) is 3.20. The van der Waals surface area contributed by atoms with E-state index in [1.807, 2.05) is 0 Å². The van der Waals surface area contributed by atoms with Crippen molar-refractivity contribution < 1.29 is 84.7 Å². The lowest BCUT2D eigenvalue weighted by Gasteiger charge is -2.13. The number of esters is 1. The van der Waals surface area contributed by atoms with Gasteiger partial charge in [0.2, 0.25) is 0 Å². The van der Waals surface area contributed by atoms with Crippen molar-refractivity contribution in [1.82, 2.24) is 0 Å². The van der Waals surface area contributed by atoms with Gasteiger partial charge in [-0.05, 0) is 30.3 Å². The minimum Gasteiger partial charge on any atom is -0.481 e. The zero-order valence-corrected chi connectivity index (χ0v) is 32.9. The standard InChI is InChI=1S/C39H58F3NO15/c40-39(41,42)33-4-3-5-34(32-33)43-36-7-2-1-6-35(36)38(46)58-31-30-57-29-28-56-27-26-55-25-24-54-23-22-53-21-20-52-19-18-51-17-16-50-15-14-49-13-12-48-11-10-47-9-8-37(44)45/h1-7,32,43H,8-31H2,(H,44,45). The van der Waals surface area contributed by atoms with Crippen molar-refractivity contribution in [3.05, 3.63) is 59.7 Å². The molecule has 19 heteroatoms. The lowest BCUT2D eigenvalue weighted by molar-refractivity contribution is -0.139. The Bertz CT molecular complexity index is 1330. The van der Waals surface area contributed by atoms with Crippen molar-refractivity contribution in [3.8, 4) is 0 Å². The highest BCUT2D eigenvalue weighted by atomic mass is 19.4. The Morgan fingerprint density at radius 2 is 0.845 bits per heavy atom. The van der Waals surface area contributed by atoms with Crippen molar-refractivity contribution in [3.63, 3.8) is 0 Å². The van der Waals surface area contributed by atoms with Crippen LogP contribution in [0.4, 0.5) is 24.5 Å². The number of carboxylic acids is 1. The number of nitrogens with one attached hydrogen (secondary N) is 1. The maximum absolute atomic E-state index is 13.1. The molecule has 0 heterocycles. The van der Waals surface area contributed by atoms with Gasteiger partial charge in [0.1, 0.15) is 6.61 Å². The molecule has 0 fully saturated rings. The van der Waals surface area contributed by atoms with E-state index in [-0.39, 0.29) is 37.5 Å². The Balaban J connectivity index is 1.26. The molecule has 2 aromatic rings. The number of aliphatic carboxylic acids is 1. The fourth-order valence-electron chi connectivity index (χ4n) is 4.43. The molecule has 0 aliphatic heterocycles. The molecule has 0 radical (unpaired) electrons. The van der Waals surface area contributed by atoms with Crippen LogP contribution in [0.2, 0.25) is 0 Å². The van der Waals surface area contributed by atoms with Crippen LogP contribution in [0.3, 0.4) is 0 Å². The largest absolute Gasteiger partial charge is 0.481 e. The van der Waals surface area contributed by atoms with E-state index < -0.39 is 23.7 Å². The number of carboxylic acid groups (broad SMARTS) is 1. The van der Waals surface area contributed by atoms with Gasteiger partial charge in [0, 0.05) is 5.69 Å². The SMILES string of the molecule is O=C(O)CCOCCOCCOCCOCCOCCOCCOCCOCCOCCOCCOCCOC(=O)c1ccccc1Nc1cccc(C(F)(F)F)c1. The fraction of sp³-hybridized carbons (Fsp3) is 0.641. The average molecular weight is 838 g/mol. The molecule has 0 aliphatic carbocycles. The van der Waals surface area contributed by atoms with E-state index in [1.165, 1.54) is 18.2 Å². The van der Waals surface area contributed by atoms with Crippen LogP contribution in [0, 0.1) is 0 Å². The number of carbonyl (C=O) groups excluding carboxylic acids is 1. The normalized spacial score (nSPS) is 11.6. The highest BCUT2D eigenvalue weighted by Gasteiger charge is 2.30. The molecule has 0 bridgehead atoms. The van der Waals surface area contributed by atoms with Gasteiger partial charge in [0.05, 0.1) is 169 Å². The van der Waals surface area contributed by atoms with Crippen molar-refractivity contribution in [2.75, 3.05) is 157 Å². The molecule has 0 spiro atoms. The molecule has 2 N–H and O–H groups in total. The Labute approximate surface area is 337 Å². The molecule has 0 unspecified atom stereocenters. The molecule has 0 aromatic heterocycles. The summed E-state index contributed by atoms with van der Waals surface area (Å²) in [7, 11) is 0. The van der Waals surface area contributed by atoms with Gasteiger partial charge in [0.15, 0.2) is 0 Å². The number of hydrogen-bond donors (Lipinski definition) is 2. The summed E-state index contributed by atoms with van der Waals surface area (Å²) < 4.78 is 104. The summed E-state index contributed by atoms with van der Waals surface area (Å²) in [5, 5.41) is 11.4. The van der Waals surface area contributed by atoms with Crippen LogP contribution < -0.4 is 5.32 Å². The van der Waals surface area contributed by atoms with E-state index >= 15 is 0 Å². The highest BCUT2D eigenvalue weighted by Crippen LogP contribution is 2.32. The first-order valence-corrected chi connectivity index (χ1v) is 19.0. The molecule has 2 aromatic carbocycles. The van der Waals surface area contributed by atoms with E-state index in [9.17, 15) is 22.8 Å². The number of para-hydroxylation sites is 1. The van der Waals surface area contributed by atoms with Crippen molar-refractivity contribution in [1.29, 1.82) is 0 Å². The highest BCUT2D eigenvalue weighted by molar-refractivity contribution is 5.96. The molecule has 330 valence electrons. The smallest absolute Gasteiger partial charge is 0.416 e. The zero-order valence-electron chi connectivity index (χ0n) is 32.9. The van der Waals surface area contributed by atoms with Gasteiger partial charge in [-0.15, -0.1) is 0 Å². The van der Waals surface area contributed by atoms with Crippen LogP contribution in [0.1, 0.15) is 22.3 Å². The summed E-state index contributed by atoms with van der Waals surface area (Å²) in [5.74, 6) is -1.52.